The van der Waals surface area contributed by atoms with Gasteiger partial charge in [0.05, 0.1) is 11.0 Å². The number of rotatable bonds is 4. The van der Waals surface area contributed by atoms with Crippen molar-refractivity contribution in [2.45, 2.75) is 27.2 Å². The summed E-state index contributed by atoms with van der Waals surface area (Å²) < 4.78 is 1.59. The van der Waals surface area contributed by atoms with Crippen LogP contribution in [0.1, 0.15) is 27.2 Å². The van der Waals surface area contributed by atoms with Crippen molar-refractivity contribution in [3.05, 3.63) is 30.6 Å². The maximum absolute atomic E-state index is 11.9. The van der Waals surface area contributed by atoms with Crippen molar-refractivity contribution in [3.63, 3.8) is 0 Å². The van der Waals surface area contributed by atoms with Crippen LogP contribution in [0.25, 0.3) is 11.0 Å². The third kappa shape index (κ3) is 3.81. The van der Waals surface area contributed by atoms with Gasteiger partial charge in [0.2, 0.25) is 11.8 Å². The summed E-state index contributed by atoms with van der Waals surface area (Å²) in [4.78, 5) is 27.7. The summed E-state index contributed by atoms with van der Waals surface area (Å²) in [6, 6.07) is 7.53. The number of amides is 2. The van der Waals surface area contributed by atoms with E-state index in [0.717, 1.165) is 11.0 Å². The summed E-state index contributed by atoms with van der Waals surface area (Å²) in [5, 5.41) is 2.75. The van der Waals surface area contributed by atoms with E-state index in [-0.39, 0.29) is 18.2 Å². The van der Waals surface area contributed by atoms with E-state index in [1.807, 2.05) is 45.0 Å². The third-order valence-corrected chi connectivity index (χ3v) is 3.02. The normalized spacial score (nSPS) is 11.4. The molecule has 0 fully saturated rings. The highest BCUT2D eigenvalue weighted by Crippen LogP contribution is 2.12. The van der Waals surface area contributed by atoms with Crippen LogP contribution in [0.3, 0.4) is 0 Å². The Morgan fingerprint density at radius 2 is 1.95 bits per heavy atom. The van der Waals surface area contributed by atoms with Crippen LogP contribution in [-0.4, -0.2) is 28.0 Å². The summed E-state index contributed by atoms with van der Waals surface area (Å²) in [5.74, 6) is -0.240. The first-order valence-corrected chi connectivity index (χ1v) is 6.88. The van der Waals surface area contributed by atoms with E-state index in [1.54, 1.807) is 11.0 Å². The van der Waals surface area contributed by atoms with Crippen molar-refractivity contribution in [1.82, 2.24) is 15.0 Å². The molecule has 0 radical (unpaired) electrons. The summed E-state index contributed by atoms with van der Waals surface area (Å²) in [5.41, 5.74) is 3.95. The first-order valence-electron chi connectivity index (χ1n) is 6.88. The molecule has 0 saturated carbocycles. The van der Waals surface area contributed by atoms with E-state index in [9.17, 15) is 9.59 Å². The van der Waals surface area contributed by atoms with Crippen molar-refractivity contribution in [3.8, 4) is 0 Å². The third-order valence-electron chi connectivity index (χ3n) is 3.02. The molecular formula is C15H20N4O2. The van der Waals surface area contributed by atoms with Crippen LogP contribution in [-0.2, 0) is 9.59 Å². The predicted molar refractivity (Wildman–Crippen MR) is 81.2 cm³/mol. The van der Waals surface area contributed by atoms with Crippen LogP contribution < -0.4 is 10.7 Å². The van der Waals surface area contributed by atoms with Gasteiger partial charge in [-0.2, -0.15) is 0 Å². The molecule has 0 unspecified atom stereocenters. The largest absolute Gasteiger partial charge is 0.355 e. The first-order chi connectivity index (χ1) is 9.88. The average molecular weight is 288 g/mol. The van der Waals surface area contributed by atoms with Gasteiger partial charge in [-0.1, -0.05) is 32.9 Å². The molecule has 1 aromatic carbocycles. The van der Waals surface area contributed by atoms with E-state index in [0.29, 0.717) is 6.54 Å². The zero-order valence-corrected chi connectivity index (χ0v) is 12.5. The number of imidazole rings is 1. The minimum Gasteiger partial charge on any atom is -0.355 e. The maximum Gasteiger partial charge on any atom is 0.240 e. The molecule has 0 aliphatic carbocycles. The molecule has 21 heavy (non-hydrogen) atoms. The SMILES string of the molecule is CC(C)(C)C(=O)NCCC(=O)Nn1cnc2ccccc21. The smallest absolute Gasteiger partial charge is 0.240 e. The highest BCUT2D eigenvalue weighted by molar-refractivity contribution is 5.87. The molecule has 1 aromatic heterocycles. The predicted octanol–water partition coefficient (Wildman–Crippen LogP) is 1.66. The highest BCUT2D eigenvalue weighted by atomic mass is 16.2. The molecule has 0 spiro atoms. The Balaban J connectivity index is 1.87. The lowest BCUT2D eigenvalue weighted by Gasteiger charge is -2.17. The summed E-state index contributed by atoms with van der Waals surface area (Å²) in [6.45, 7) is 5.81. The van der Waals surface area contributed by atoms with Crippen molar-refractivity contribution in [2.24, 2.45) is 5.41 Å². The Hall–Kier alpha value is -2.37. The fraction of sp³-hybridized carbons (Fsp3) is 0.400. The fourth-order valence-corrected chi connectivity index (χ4v) is 1.79. The summed E-state index contributed by atoms with van der Waals surface area (Å²) >= 11 is 0. The minimum atomic E-state index is -0.447. The van der Waals surface area contributed by atoms with Gasteiger partial charge < -0.3 is 5.32 Å². The Morgan fingerprint density at radius 1 is 1.24 bits per heavy atom. The second-order valence-electron chi connectivity index (χ2n) is 5.89. The molecule has 112 valence electrons. The Morgan fingerprint density at radius 3 is 2.67 bits per heavy atom. The number of nitrogens with zero attached hydrogens (tertiary/aromatic N) is 2. The van der Waals surface area contributed by atoms with Crippen LogP contribution in [0.4, 0.5) is 0 Å². The zero-order chi connectivity index (χ0) is 15.5. The zero-order valence-electron chi connectivity index (χ0n) is 12.5. The Labute approximate surface area is 123 Å². The van der Waals surface area contributed by atoms with E-state index < -0.39 is 5.41 Å². The van der Waals surface area contributed by atoms with Crippen molar-refractivity contribution >= 4 is 22.8 Å². The summed E-state index contributed by atoms with van der Waals surface area (Å²) in [7, 11) is 0. The number of benzene rings is 1. The monoisotopic (exact) mass is 288 g/mol. The van der Waals surface area contributed by atoms with Gasteiger partial charge in [0.25, 0.3) is 0 Å². The maximum atomic E-state index is 11.9. The quantitative estimate of drug-likeness (QED) is 0.898. The van der Waals surface area contributed by atoms with Gasteiger partial charge in [-0.05, 0) is 12.1 Å². The number of carbonyl (C=O) groups excluding carboxylic acids is 2. The number of hydrogen-bond donors (Lipinski definition) is 2. The van der Waals surface area contributed by atoms with E-state index in [4.69, 9.17) is 0 Å². The van der Waals surface area contributed by atoms with Crippen molar-refractivity contribution in [1.29, 1.82) is 0 Å². The van der Waals surface area contributed by atoms with Crippen molar-refractivity contribution < 1.29 is 9.59 Å². The second kappa shape index (κ2) is 5.95. The van der Waals surface area contributed by atoms with Gasteiger partial charge in [0.15, 0.2) is 0 Å². The molecular weight excluding hydrogens is 268 g/mol. The summed E-state index contributed by atoms with van der Waals surface area (Å²) in [6.07, 6.45) is 1.78. The first kappa shape index (κ1) is 15.0. The van der Waals surface area contributed by atoms with E-state index in [1.165, 1.54) is 0 Å². The lowest BCUT2D eigenvalue weighted by atomic mass is 9.96. The lowest BCUT2D eigenvalue weighted by molar-refractivity contribution is -0.128. The van der Waals surface area contributed by atoms with E-state index in [2.05, 4.69) is 15.7 Å². The molecule has 2 amide bonds. The highest BCUT2D eigenvalue weighted by Gasteiger charge is 2.20. The van der Waals surface area contributed by atoms with Gasteiger partial charge in [-0.15, -0.1) is 0 Å². The minimum absolute atomic E-state index is 0.0663. The Bertz CT molecular complexity index is 655. The molecule has 6 heteroatoms. The van der Waals surface area contributed by atoms with Gasteiger partial charge in [-0.3, -0.25) is 15.0 Å². The molecule has 2 N–H and O–H groups in total. The average Bonchev–Trinajstić information content (AvgIpc) is 2.81. The van der Waals surface area contributed by atoms with Crippen LogP contribution in [0, 0.1) is 5.41 Å². The molecule has 2 rings (SSSR count). The molecule has 2 aromatic rings. The number of carbonyl (C=O) groups is 2. The molecule has 0 bridgehead atoms. The molecule has 0 saturated heterocycles. The molecule has 0 aliphatic heterocycles. The number of para-hydroxylation sites is 2. The lowest BCUT2D eigenvalue weighted by Crippen LogP contribution is -2.37. The molecule has 0 aliphatic rings. The number of aromatic nitrogens is 2. The molecule has 0 atom stereocenters. The van der Waals surface area contributed by atoms with Crippen LogP contribution in [0.5, 0.6) is 0 Å². The van der Waals surface area contributed by atoms with Crippen LogP contribution in [0.2, 0.25) is 0 Å². The van der Waals surface area contributed by atoms with Gasteiger partial charge >= 0.3 is 0 Å². The molecule has 6 nitrogen and oxygen atoms in total. The van der Waals surface area contributed by atoms with E-state index >= 15 is 0 Å². The second-order valence-corrected chi connectivity index (χ2v) is 5.89. The van der Waals surface area contributed by atoms with Gasteiger partial charge in [-0.25, -0.2) is 9.66 Å². The number of nitrogens with one attached hydrogen (secondary N) is 2. The standard InChI is InChI=1S/C15H20N4O2/c1-15(2,3)14(21)16-9-8-13(20)18-19-10-17-11-6-4-5-7-12(11)19/h4-7,10H,8-9H2,1-3H3,(H,16,21)(H,18,20). The molecule has 1 heterocycles. The van der Waals surface area contributed by atoms with Gasteiger partial charge in [0.1, 0.15) is 6.33 Å². The number of hydrogen-bond acceptors (Lipinski definition) is 3. The number of fused-ring (bicyclic) bond motifs is 1. The van der Waals surface area contributed by atoms with Crippen LogP contribution in [0.15, 0.2) is 30.6 Å². The fourth-order valence-electron chi connectivity index (χ4n) is 1.79. The van der Waals surface area contributed by atoms with Gasteiger partial charge in [0, 0.05) is 18.4 Å². The van der Waals surface area contributed by atoms with Crippen LogP contribution >= 0.6 is 0 Å². The Kier molecular flexibility index (Phi) is 4.26. The topological polar surface area (TPSA) is 76.0 Å². The van der Waals surface area contributed by atoms with Crippen molar-refractivity contribution in [2.75, 3.05) is 12.0 Å².